The van der Waals surface area contributed by atoms with Crippen LogP contribution in [0.15, 0.2) is 12.7 Å². The van der Waals surface area contributed by atoms with Crippen LogP contribution in [-0.2, 0) is 10.1 Å². The Labute approximate surface area is 52.0 Å². The normalized spacial score (nSPS) is 13.2. The maximum absolute atomic E-state index is 9.87. The fraction of sp³-hybridized carbons (Fsp3) is 0.333. The van der Waals surface area contributed by atoms with E-state index in [1.165, 1.54) is 0 Å². The molecule has 0 saturated carbocycles. The third kappa shape index (κ3) is 1.75. The van der Waals surface area contributed by atoms with Gasteiger partial charge in [0.25, 0.3) is 0 Å². The van der Waals surface area contributed by atoms with E-state index in [-0.39, 0.29) is 0 Å². The first-order valence-corrected chi connectivity index (χ1v) is 3.30. The second kappa shape index (κ2) is 2.07. The van der Waals surface area contributed by atoms with Gasteiger partial charge in [0.2, 0.25) is 0 Å². The van der Waals surface area contributed by atoms with Crippen molar-refractivity contribution in [2.75, 3.05) is 0 Å². The van der Waals surface area contributed by atoms with Crippen LogP contribution in [-0.4, -0.2) is 28.3 Å². The summed E-state index contributed by atoms with van der Waals surface area (Å²) in [4.78, 5) is 0. The second-order valence-electron chi connectivity index (χ2n) is 1.34. The Morgan fingerprint density at radius 3 is 1.78 bits per heavy atom. The van der Waals surface area contributed by atoms with Crippen molar-refractivity contribution in [3.63, 3.8) is 0 Å². The number of rotatable bonds is 2. The highest BCUT2D eigenvalue weighted by Crippen LogP contribution is 2.07. The van der Waals surface area contributed by atoms with Crippen LogP contribution in [0.4, 0.5) is 0 Å². The molecule has 0 aliphatic carbocycles. The van der Waals surface area contributed by atoms with Crippen LogP contribution in [0.1, 0.15) is 0 Å². The first-order chi connectivity index (χ1) is 3.81. The first-order valence-electron chi connectivity index (χ1n) is 1.86. The van der Waals surface area contributed by atoms with Gasteiger partial charge in [-0.15, -0.1) is 0 Å². The molecule has 9 heavy (non-hydrogen) atoms. The molecule has 6 heteroatoms. The summed E-state index contributed by atoms with van der Waals surface area (Å²) in [5.41, 5.74) is 0. The van der Waals surface area contributed by atoms with E-state index in [2.05, 4.69) is 6.58 Å². The van der Waals surface area contributed by atoms with Gasteiger partial charge in [0.15, 0.2) is 0 Å². The highest BCUT2D eigenvalue weighted by atomic mass is 32.2. The predicted octanol–water partition coefficient (Wildman–Crippen LogP) is -1.30. The second-order valence-corrected chi connectivity index (χ2v) is 2.89. The van der Waals surface area contributed by atoms with Crippen molar-refractivity contribution in [1.82, 2.24) is 0 Å². The van der Waals surface area contributed by atoms with Crippen LogP contribution in [0, 0.1) is 0 Å². The van der Waals surface area contributed by atoms with Gasteiger partial charge in [-0.1, -0.05) is 6.58 Å². The maximum atomic E-state index is 9.87. The van der Waals surface area contributed by atoms with Gasteiger partial charge in [0.1, 0.15) is 0 Å². The Bertz CT molecular complexity index is 200. The Balaban J connectivity index is 4.77. The van der Waals surface area contributed by atoms with E-state index in [0.29, 0.717) is 6.08 Å². The average molecular weight is 154 g/mol. The van der Waals surface area contributed by atoms with Crippen molar-refractivity contribution in [3.8, 4) is 0 Å². The summed E-state index contributed by atoms with van der Waals surface area (Å²) in [5, 5.41) is 13.3. The lowest BCUT2D eigenvalue weighted by molar-refractivity contribution is -0.0485. The van der Waals surface area contributed by atoms with Gasteiger partial charge in [-0.3, -0.25) is 4.55 Å². The summed E-state index contributed by atoms with van der Waals surface area (Å²) >= 11 is 0. The summed E-state index contributed by atoms with van der Waals surface area (Å²) in [5.74, 6) is 0. The molecular formula is C3H6O5S. The van der Waals surface area contributed by atoms with E-state index >= 15 is 0 Å². The van der Waals surface area contributed by atoms with E-state index in [0.717, 1.165) is 0 Å². The van der Waals surface area contributed by atoms with Crippen molar-refractivity contribution < 1.29 is 23.2 Å². The minimum absolute atomic E-state index is 0.294. The molecule has 0 fully saturated rings. The smallest absolute Gasteiger partial charge is 0.325 e. The first kappa shape index (κ1) is 8.57. The summed E-state index contributed by atoms with van der Waals surface area (Å²) in [6, 6.07) is 0. The van der Waals surface area contributed by atoms with Crippen LogP contribution in [0.3, 0.4) is 0 Å². The lowest BCUT2D eigenvalue weighted by atomic mass is 10.6. The van der Waals surface area contributed by atoms with Gasteiger partial charge in [0.05, 0.1) is 0 Å². The topological polar surface area (TPSA) is 94.8 Å². The number of hydrogen-bond acceptors (Lipinski definition) is 4. The lowest BCUT2D eigenvalue weighted by Gasteiger charge is -2.10. The van der Waals surface area contributed by atoms with Gasteiger partial charge in [-0.25, -0.2) is 0 Å². The zero-order valence-corrected chi connectivity index (χ0v) is 5.17. The fourth-order valence-electron chi connectivity index (χ4n) is 0.105. The summed E-state index contributed by atoms with van der Waals surface area (Å²) in [6.07, 6.45) is 0.294. The molecule has 0 aliphatic heterocycles. The van der Waals surface area contributed by atoms with Crippen LogP contribution in [0.25, 0.3) is 0 Å². The van der Waals surface area contributed by atoms with Crippen molar-refractivity contribution in [2.24, 2.45) is 0 Å². The highest BCUT2D eigenvalue weighted by Gasteiger charge is 2.34. The average Bonchev–Trinajstić information content (AvgIpc) is 1.64. The van der Waals surface area contributed by atoms with Crippen LogP contribution in [0.2, 0.25) is 0 Å². The molecule has 0 amide bonds. The molecule has 0 aromatic carbocycles. The Morgan fingerprint density at radius 1 is 1.44 bits per heavy atom. The highest BCUT2D eigenvalue weighted by molar-refractivity contribution is 7.87. The molecule has 5 nitrogen and oxygen atoms in total. The molecule has 0 bridgehead atoms. The van der Waals surface area contributed by atoms with Gasteiger partial charge in [-0.2, -0.15) is 8.42 Å². The van der Waals surface area contributed by atoms with Gasteiger partial charge < -0.3 is 10.2 Å². The Hall–Kier alpha value is -0.430. The standard InChI is InChI=1S/C3H6O5S/c1-2-3(4,5)9(6,7)8/h2,4-5H,1H2,(H,6,7,8). The Morgan fingerprint density at radius 2 is 1.78 bits per heavy atom. The quantitative estimate of drug-likeness (QED) is 0.261. The van der Waals surface area contributed by atoms with Crippen molar-refractivity contribution >= 4 is 10.1 Å². The minimum Gasteiger partial charge on any atom is -0.348 e. The molecule has 3 N–H and O–H groups in total. The van der Waals surface area contributed by atoms with E-state index in [4.69, 9.17) is 14.8 Å². The summed E-state index contributed by atoms with van der Waals surface area (Å²) in [7, 11) is -4.86. The van der Waals surface area contributed by atoms with Crippen molar-refractivity contribution in [3.05, 3.63) is 12.7 Å². The lowest BCUT2D eigenvalue weighted by Crippen LogP contribution is -2.35. The molecule has 0 spiro atoms. The SMILES string of the molecule is C=CC(O)(O)S(=O)(=O)O. The van der Waals surface area contributed by atoms with Crippen LogP contribution >= 0.6 is 0 Å². The van der Waals surface area contributed by atoms with Gasteiger partial charge >= 0.3 is 15.2 Å². The van der Waals surface area contributed by atoms with E-state index in [1.807, 2.05) is 0 Å². The number of aliphatic hydroxyl groups is 2. The zero-order valence-electron chi connectivity index (χ0n) is 4.35. The molecule has 0 aromatic heterocycles. The van der Waals surface area contributed by atoms with E-state index in [9.17, 15) is 8.42 Å². The molecule has 0 radical (unpaired) electrons. The molecule has 0 rings (SSSR count). The molecule has 0 aliphatic rings. The molecule has 0 unspecified atom stereocenters. The molecule has 0 aromatic rings. The summed E-state index contributed by atoms with van der Waals surface area (Å²) in [6.45, 7) is 2.76. The fourth-order valence-corrected chi connectivity index (χ4v) is 0.316. The minimum atomic E-state index is -4.86. The van der Waals surface area contributed by atoms with Crippen LogP contribution in [0.5, 0.6) is 0 Å². The zero-order chi connectivity index (χ0) is 7.71. The number of hydrogen-bond donors (Lipinski definition) is 3. The molecule has 0 saturated heterocycles. The van der Waals surface area contributed by atoms with Crippen LogP contribution < -0.4 is 0 Å². The largest absolute Gasteiger partial charge is 0.348 e. The molecule has 54 valence electrons. The maximum Gasteiger partial charge on any atom is 0.325 e. The molecular weight excluding hydrogens is 148 g/mol. The van der Waals surface area contributed by atoms with E-state index < -0.39 is 15.2 Å². The monoisotopic (exact) mass is 154 g/mol. The molecule has 0 atom stereocenters. The van der Waals surface area contributed by atoms with E-state index in [1.54, 1.807) is 0 Å². The third-order valence-electron chi connectivity index (χ3n) is 0.646. The summed E-state index contributed by atoms with van der Waals surface area (Å²) < 4.78 is 27.7. The van der Waals surface area contributed by atoms with Gasteiger partial charge in [0, 0.05) is 0 Å². The van der Waals surface area contributed by atoms with Crippen molar-refractivity contribution in [2.45, 2.75) is 5.12 Å². The third-order valence-corrected chi connectivity index (χ3v) is 1.57. The molecule has 0 heterocycles. The predicted molar refractivity (Wildman–Crippen MR) is 28.9 cm³/mol. The van der Waals surface area contributed by atoms with Crippen molar-refractivity contribution in [1.29, 1.82) is 0 Å². The van der Waals surface area contributed by atoms with Gasteiger partial charge in [-0.05, 0) is 6.08 Å². The Kier molecular flexibility index (Phi) is 1.97.